The van der Waals surface area contributed by atoms with E-state index >= 15 is 0 Å². The number of aryl methyl sites for hydroxylation is 2. The highest BCUT2D eigenvalue weighted by Gasteiger charge is 2.24. The number of nitrogens with one attached hydrogen (secondary N) is 3. The molecule has 1 heterocycles. The van der Waals surface area contributed by atoms with Crippen molar-refractivity contribution in [3.8, 4) is 0 Å². The molecule has 0 saturated heterocycles. The summed E-state index contributed by atoms with van der Waals surface area (Å²) in [5, 5.41) is 10.0. The Morgan fingerprint density at radius 3 is 2.61 bits per heavy atom. The third-order valence-electron chi connectivity index (χ3n) is 6.78. The zero-order valence-corrected chi connectivity index (χ0v) is 20.6. The van der Waals surface area contributed by atoms with Crippen molar-refractivity contribution >= 4 is 35.1 Å². The Bertz CT molecular complexity index is 967. The number of hydrogen-bond donors (Lipinski definition) is 3. The van der Waals surface area contributed by atoms with Gasteiger partial charge in [-0.1, -0.05) is 23.7 Å². The van der Waals surface area contributed by atoms with Gasteiger partial charge in [0, 0.05) is 32.2 Å². The average Bonchev–Trinajstić information content (AvgIpc) is 2.80. The topological polar surface area (TPSA) is 82.2 Å². The van der Waals surface area contributed by atoms with E-state index < -0.39 is 0 Å². The molecule has 0 atom stereocenters. The van der Waals surface area contributed by atoms with E-state index in [9.17, 15) is 4.79 Å². The number of amides is 2. The largest absolute Gasteiger partial charge is 0.362 e. The van der Waals surface area contributed by atoms with Crippen molar-refractivity contribution in [3.05, 3.63) is 40.0 Å². The molecule has 1 saturated carbocycles. The summed E-state index contributed by atoms with van der Waals surface area (Å²) >= 11 is 6.21. The number of rotatable bonds is 6. The Labute approximate surface area is 201 Å². The van der Waals surface area contributed by atoms with Gasteiger partial charge in [0.15, 0.2) is 0 Å². The summed E-state index contributed by atoms with van der Waals surface area (Å²) in [7, 11) is 4.12. The third-order valence-corrected chi connectivity index (χ3v) is 7.09. The Kier molecular flexibility index (Phi) is 7.58. The molecule has 4 rings (SSSR count). The minimum Gasteiger partial charge on any atom is -0.362 e. The molecule has 0 radical (unpaired) electrons. The first-order chi connectivity index (χ1) is 15.9. The second-order valence-corrected chi connectivity index (χ2v) is 9.93. The van der Waals surface area contributed by atoms with Gasteiger partial charge in [0.2, 0.25) is 5.95 Å². The smallest absolute Gasteiger partial charge is 0.319 e. The second kappa shape index (κ2) is 10.6. The fourth-order valence-corrected chi connectivity index (χ4v) is 5.16. The van der Waals surface area contributed by atoms with Crippen LogP contribution in [0.2, 0.25) is 5.02 Å². The Morgan fingerprint density at radius 2 is 1.88 bits per heavy atom. The van der Waals surface area contributed by atoms with E-state index in [0.717, 1.165) is 55.9 Å². The fourth-order valence-electron chi connectivity index (χ4n) is 4.89. The first-order valence-corrected chi connectivity index (χ1v) is 12.4. The van der Waals surface area contributed by atoms with Crippen LogP contribution in [0.4, 0.5) is 22.2 Å². The average molecular weight is 471 g/mol. The number of fused-ring (bicyclic) bond motifs is 1. The summed E-state index contributed by atoms with van der Waals surface area (Å²) in [5.74, 6) is 2.29. The van der Waals surface area contributed by atoms with Crippen molar-refractivity contribution in [1.82, 2.24) is 15.3 Å². The molecule has 0 unspecified atom stereocenters. The Balaban J connectivity index is 1.26. The van der Waals surface area contributed by atoms with E-state index in [1.165, 1.54) is 24.1 Å². The minimum absolute atomic E-state index is 0.204. The Hall–Kier alpha value is -2.54. The molecule has 1 aromatic heterocycles. The van der Waals surface area contributed by atoms with E-state index in [-0.39, 0.29) is 6.03 Å². The highest BCUT2D eigenvalue weighted by Crippen LogP contribution is 2.30. The predicted molar refractivity (Wildman–Crippen MR) is 136 cm³/mol. The summed E-state index contributed by atoms with van der Waals surface area (Å²) in [6.45, 7) is 2.60. The molecule has 2 aliphatic rings. The van der Waals surface area contributed by atoms with Gasteiger partial charge in [0.25, 0.3) is 0 Å². The molecule has 1 fully saturated rings. The highest BCUT2D eigenvalue weighted by atomic mass is 35.5. The van der Waals surface area contributed by atoms with E-state index in [4.69, 9.17) is 21.6 Å². The SMILES string of the molecule is Cc1cccc(Cl)c1NC(=O)NCC1CCC(Nc2nc3c(c(N(C)C)n2)CCCC3)CC1. The zero-order valence-electron chi connectivity index (χ0n) is 19.9. The third kappa shape index (κ3) is 5.88. The van der Waals surface area contributed by atoms with Gasteiger partial charge in [-0.2, -0.15) is 4.98 Å². The molecule has 0 spiro atoms. The Morgan fingerprint density at radius 1 is 1.12 bits per heavy atom. The number of para-hydroxylation sites is 1. The van der Waals surface area contributed by atoms with Crippen molar-refractivity contribution in [2.75, 3.05) is 36.2 Å². The summed E-state index contributed by atoms with van der Waals surface area (Å²) in [4.78, 5) is 24.2. The van der Waals surface area contributed by atoms with Crippen molar-refractivity contribution < 1.29 is 4.79 Å². The van der Waals surface area contributed by atoms with E-state index in [1.54, 1.807) is 6.07 Å². The summed E-state index contributed by atoms with van der Waals surface area (Å²) < 4.78 is 0. The number of carbonyl (C=O) groups is 1. The van der Waals surface area contributed by atoms with Crippen LogP contribution in [0.3, 0.4) is 0 Å². The second-order valence-electron chi connectivity index (χ2n) is 9.53. The van der Waals surface area contributed by atoms with Crippen molar-refractivity contribution in [2.24, 2.45) is 5.92 Å². The van der Waals surface area contributed by atoms with Crippen LogP contribution >= 0.6 is 11.6 Å². The van der Waals surface area contributed by atoms with Gasteiger partial charge in [0.05, 0.1) is 16.4 Å². The van der Waals surface area contributed by atoms with Gasteiger partial charge in [-0.15, -0.1) is 0 Å². The molecular formula is C25H35ClN6O. The normalized spacial score (nSPS) is 20.0. The molecule has 33 heavy (non-hydrogen) atoms. The lowest BCUT2D eigenvalue weighted by atomic mass is 9.86. The lowest BCUT2D eigenvalue weighted by molar-refractivity contribution is 0.246. The number of nitrogens with zero attached hydrogens (tertiary/aromatic N) is 3. The minimum atomic E-state index is -0.204. The standard InChI is InChI=1S/C25H35ClN6O/c1-16-7-6-9-20(26)22(16)30-25(33)27-15-17-11-13-18(14-12-17)28-24-29-21-10-5-4-8-19(21)23(31-24)32(2)3/h6-7,9,17-18H,4-5,8,10-15H2,1-3H3,(H2,27,30,33)(H,28,29,31). The maximum atomic E-state index is 12.4. The van der Waals surface area contributed by atoms with Gasteiger partial charge in [-0.3, -0.25) is 0 Å². The zero-order chi connectivity index (χ0) is 23.4. The quantitative estimate of drug-likeness (QED) is 0.542. The van der Waals surface area contributed by atoms with Gasteiger partial charge >= 0.3 is 6.03 Å². The van der Waals surface area contributed by atoms with Crippen LogP contribution in [-0.4, -0.2) is 42.7 Å². The molecule has 1 aromatic carbocycles. The maximum absolute atomic E-state index is 12.4. The molecule has 3 N–H and O–H groups in total. The number of halogens is 1. The van der Waals surface area contributed by atoms with Gasteiger partial charge in [0.1, 0.15) is 5.82 Å². The highest BCUT2D eigenvalue weighted by molar-refractivity contribution is 6.33. The van der Waals surface area contributed by atoms with Crippen molar-refractivity contribution in [2.45, 2.75) is 64.3 Å². The number of aromatic nitrogens is 2. The van der Waals surface area contributed by atoms with E-state index in [1.807, 2.05) is 19.1 Å². The van der Waals surface area contributed by atoms with Crippen LogP contribution < -0.4 is 20.9 Å². The molecule has 2 aliphatic carbocycles. The van der Waals surface area contributed by atoms with Crippen LogP contribution in [0.25, 0.3) is 0 Å². The predicted octanol–water partition coefficient (Wildman–Crippen LogP) is 5.18. The van der Waals surface area contributed by atoms with Crippen LogP contribution in [0.1, 0.15) is 55.3 Å². The maximum Gasteiger partial charge on any atom is 0.319 e. The summed E-state index contributed by atoms with van der Waals surface area (Å²) in [6.07, 6.45) is 8.77. The van der Waals surface area contributed by atoms with Crippen LogP contribution in [0.5, 0.6) is 0 Å². The van der Waals surface area contributed by atoms with Crippen LogP contribution in [0.15, 0.2) is 18.2 Å². The molecule has 8 heteroatoms. The van der Waals surface area contributed by atoms with E-state index in [0.29, 0.717) is 29.2 Å². The van der Waals surface area contributed by atoms with Crippen LogP contribution in [0, 0.1) is 12.8 Å². The van der Waals surface area contributed by atoms with Gasteiger partial charge in [-0.25, -0.2) is 9.78 Å². The molecule has 7 nitrogen and oxygen atoms in total. The first kappa shape index (κ1) is 23.6. The van der Waals surface area contributed by atoms with Gasteiger partial charge < -0.3 is 20.9 Å². The van der Waals surface area contributed by atoms with Gasteiger partial charge in [-0.05, 0) is 75.8 Å². The fraction of sp³-hybridized carbons (Fsp3) is 0.560. The molecular weight excluding hydrogens is 436 g/mol. The molecule has 0 bridgehead atoms. The molecule has 178 valence electrons. The molecule has 0 aliphatic heterocycles. The number of hydrogen-bond acceptors (Lipinski definition) is 5. The van der Waals surface area contributed by atoms with E-state index in [2.05, 4.69) is 34.9 Å². The monoisotopic (exact) mass is 470 g/mol. The number of carbonyl (C=O) groups excluding carboxylic acids is 1. The number of urea groups is 1. The van der Waals surface area contributed by atoms with Crippen molar-refractivity contribution in [3.63, 3.8) is 0 Å². The molecule has 2 amide bonds. The van der Waals surface area contributed by atoms with Crippen molar-refractivity contribution in [1.29, 1.82) is 0 Å². The lowest BCUT2D eigenvalue weighted by Gasteiger charge is -2.30. The van der Waals surface area contributed by atoms with Crippen LogP contribution in [-0.2, 0) is 12.8 Å². The number of benzene rings is 1. The number of anilines is 3. The molecule has 2 aromatic rings. The lowest BCUT2D eigenvalue weighted by Crippen LogP contribution is -2.36. The first-order valence-electron chi connectivity index (χ1n) is 12.0. The summed E-state index contributed by atoms with van der Waals surface area (Å²) in [5.41, 5.74) is 4.15. The summed E-state index contributed by atoms with van der Waals surface area (Å²) in [6, 6.07) is 5.77.